The summed E-state index contributed by atoms with van der Waals surface area (Å²) >= 11 is 0. The standard InChI is InChI=1S/C25H29FN2O5S/c1-2-32-16-7-15-28(34(30,31)24-9-4-3-5-10-24)20-25(29)27(19-23-8-6-17-33-23)18-21-11-13-22(26)14-12-21/h3-6,8-14,17H,2,7,15-16,18-20H2,1H3. The second-order valence-electron chi connectivity index (χ2n) is 7.66. The molecule has 1 amide bonds. The molecular formula is C25H29FN2O5S. The summed E-state index contributed by atoms with van der Waals surface area (Å²) in [5, 5.41) is 0. The molecule has 0 spiro atoms. The molecule has 0 radical (unpaired) electrons. The molecule has 0 fully saturated rings. The van der Waals surface area contributed by atoms with Crippen molar-refractivity contribution in [2.45, 2.75) is 31.3 Å². The van der Waals surface area contributed by atoms with Crippen LogP contribution in [-0.2, 0) is 32.6 Å². The molecule has 3 rings (SSSR count). The smallest absolute Gasteiger partial charge is 0.243 e. The molecule has 9 heteroatoms. The van der Waals surface area contributed by atoms with Gasteiger partial charge in [0.1, 0.15) is 11.6 Å². The van der Waals surface area contributed by atoms with E-state index in [1.54, 1.807) is 42.5 Å². The second-order valence-corrected chi connectivity index (χ2v) is 9.60. The second kappa shape index (κ2) is 12.5. The molecule has 0 unspecified atom stereocenters. The number of rotatable bonds is 13. The first-order valence-electron chi connectivity index (χ1n) is 11.1. The Morgan fingerprint density at radius 2 is 1.74 bits per heavy atom. The van der Waals surface area contributed by atoms with Gasteiger partial charge in [0.05, 0.1) is 24.2 Å². The molecule has 0 saturated heterocycles. The molecule has 0 aliphatic rings. The first kappa shape index (κ1) is 25.6. The molecular weight excluding hydrogens is 459 g/mol. The van der Waals surface area contributed by atoms with Crippen molar-refractivity contribution in [2.75, 3.05) is 26.3 Å². The van der Waals surface area contributed by atoms with E-state index < -0.39 is 15.9 Å². The third-order valence-corrected chi connectivity index (χ3v) is 7.02. The highest BCUT2D eigenvalue weighted by Crippen LogP contribution is 2.18. The molecule has 34 heavy (non-hydrogen) atoms. The SMILES string of the molecule is CCOCCCN(CC(=O)N(Cc1ccc(F)cc1)Cc1ccco1)S(=O)(=O)c1ccccc1. The van der Waals surface area contributed by atoms with Crippen LogP contribution in [-0.4, -0.2) is 49.8 Å². The van der Waals surface area contributed by atoms with Crippen molar-refractivity contribution >= 4 is 15.9 Å². The van der Waals surface area contributed by atoms with Crippen LogP contribution in [0.5, 0.6) is 0 Å². The number of carbonyl (C=O) groups excluding carboxylic acids is 1. The number of nitrogens with zero attached hydrogens (tertiary/aromatic N) is 2. The van der Waals surface area contributed by atoms with Crippen molar-refractivity contribution in [2.24, 2.45) is 0 Å². The van der Waals surface area contributed by atoms with Gasteiger partial charge in [-0.05, 0) is 55.3 Å². The van der Waals surface area contributed by atoms with Crippen molar-refractivity contribution in [3.8, 4) is 0 Å². The lowest BCUT2D eigenvalue weighted by atomic mass is 10.2. The lowest BCUT2D eigenvalue weighted by molar-refractivity contribution is -0.133. The number of ether oxygens (including phenoxy) is 1. The Balaban J connectivity index is 1.82. The summed E-state index contributed by atoms with van der Waals surface area (Å²) in [5.41, 5.74) is 0.718. The average Bonchev–Trinajstić information content (AvgIpc) is 3.35. The maximum Gasteiger partial charge on any atom is 0.243 e. The predicted molar refractivity (Wildman–Crippen MR) is 126 cm³/mol. The summed E-state index contributed by atoms with van der Waals surface area (Å²) in [7, 11) is -3.90. The van der Waals surface area contributed by atoms with Gasteiger partial charge in [-0.2, -0.15) is 4.31 Å². The third kappa shape index (κ3) is 7.24. The minimum Gasteiger partial charge on any atom is -0.467 e. The van der Waals surface area contributed by atoms with Crippen molar-refractivity contribution in [3.63, 3.8) is 0 Å². The molecule has 1 aromatic heterocycles. The number of amides is 1. The van der Waals surface area contributed by atoms with Gasteiger partial charge in [0, 0.05) is 26.3 Å². The summed E-state index contributed by atoms with van der Waals surface area (Å²) in [6, 6.07) is 17.3. The summed E-state index contributed by atoms with van der Waals surface area (Å²) in [6.45, 7) is 2.90. The summed E-state index contributed by atoms with van der Waals surface area (Å²) in [6.07, 6.45) is 1.96. The van der Waals surface area contributed by atoms with E-state index in [4.69, 9.17) is 9.15 Å². The Labute approximate surface area is 199 Å². The Morgan fingerprint density at radius 1 is 1.00 bits per heavy atom. The quantitative estimate of drug-likeness (QED) is 0.339. The Bertz CT molecular complexity index is 1120. The molecule has 0 bridgehead atoms. The Kier molecular flexibility index (Phi) is 9.38. The van der Waals surface area contributed by atoms with E-state index in [1.807, 2.05) is 6.92 Å². The fourth-order valence-electron chi connectivity index (χ4n) is 3.40. The molecule has 3 aromatic rings. The van der Waals surface area contributed by atoms with Crippen molar-refractivity contribution in [1.29, 1.82) is 0 Å². The van der Waals surface area contributed by atoms with Crippen LogP contribution in [0.2, 0.25) is 0 Å². The van der Waals surface area contributed by atoms with Crippen molar-refractivity contribution in [1.82, 2.24) is 9.21 Å². The average molecular weight is 489 g/mol. The van der Waals surface area contributed by atoms with E-state index >= 15 is 0 Å². The van der Waals surface area contributed by atoms with E-state index in [0.717, 1.165) is 5.56 Å². The molecule has 182 valence electrons. The summed E-state index contributed by atoms with van der Waals surface area (Å²) < 4.78 is 51.9. The highest BCUT2D eigenvalue weighted by molar-refractivity contribution is 7.89. The Morgan fingerprint density at radius 3 is 2.38 bits per heavy atom. The third-order valence-electron chi connectivity index (χ3n) is 5.16. The van der Waals surface area contributed by atoms with Gasteiger partial charge in [-0.1, -0.05) is 30.3 Å². The normalized spacial score (nSPS) is 11.6. The molecule has 2 aromatic carbocycles. The van der Waals surface area contributed by atoms with Gasteiger partial charge in [0.15, 0.2) is 0 Å². The zero-order chi connectivity index (χ0) is 24.4. The first-order valence-corrected chi connectivity index (χ1v) is 12.5. The van der Waals surface area contributed by atoms with E-state index in [2.05, 4.69) is 0 Å². The number of carbonyl (C=O) groups is 1. The van der Waals surface area contributed by atoms with Crippen LogP contribution < -0.4 is 0 Å². The number of benzene rings is 2. The number of hydrogen-bond acceptors (Lipinski definition) is 5. The molecule has 7 nitrogen and oxygen atoms in total. The van der Waals surface area contributed by atoms with E-state index in [9.17, 15) is 17.6 Å². The fourth-order valence-corrected chi connectivity index (χ4v) is 4.85. The largest absolute Gasteiger partial charge is 0.467 e. The van der Waals surface area contributed by atoms with E-state index in [0.29, 0.717) is 25.4 Å². The maximum absolute atomic E-state index is 13.4. The van der Waals surface area contributed by atoms with E-state index in [1.165, 1.54) is 39.7 Å². The monoisotopic (exact) mass is 488 g/mol. The number of halogens is 1. The van der Waals surface area contributed by atoms with Crippen LogP contribution in [0.4, 0.5) is 4.39 Å². The van der Waals surface area contributed by atoms with Gasteiger partial charge in [-0.3, -0.25) is 4.79 Å². The Hall–Kier alpha value is -3.01. The molecule has 0 atom stereocenters. The van der Waals surface area contributed by atoms with E-state index in [-0.39, 0.29) is 36.9 Å². The van der Waals surface area contributed by atoms with Gasteiger partial charge >= 0.3 is 0 Å². The highest BCUT2D eigenvalue weighted by Gasteiger charge is 2.28. The minimum atomic E-state index is -3.90. The minimum absolute atomic E-state index is 0.121. The van der Waals surface area contributed by atoms with Gasteiger partial charge in [-0.25, -0.2) is 12.8 Å². The van der Waals surface area contributed by atoms with Crippen molar-refractivity contribution < 1.29 is 26.8 Å². The fraction of sp³-hybridized carbons (Fsp3) is 0.320. The van der Waals surface area contributed by atoms with Crippen LogP contribution in [0.3, 0.4) is 0 Å². The first-order chi connectivity index (χ1) is 16.4. The zero-order valence-electron chi connectivity index (χ0n) is 19.1. The van der Waals surface area contributed by atoms with Crippen molar-refractivity contribution in [3.05, 3.63) is 90.1 Å². The van der Waals surface area contributed by atoms with Crippen LogP contribution in [0, 0.1) is 5.82 Å². The van der Waals surface area contributed by atoms with Crippen LogP contribution in [0.1, 0.15) is 24.7 Å². The lowest BCUT2D eigenvalue weighted by Crippen LogP contribution is -2.43. The number of hydrogen-bond donors (Lipinski definition) is 0. The summed E-state index contributed by atoms with van der Waals surface area (Å²) in [4.78, 5) is 15.0. The molecule has 0 aliphatic heterocycles. The van der Waals surface area contributed by atoms with Gasteiger partial charge in [0.2, 0.25) is 15.9 Å². The van der Waals surface area contributed by atoms with Gasteiger partial charge in [0.25, 0.3) is 0 Å². The van der Waals surface area contributed by atoms with Crippen LogP contribution in [0.25, 0.3) is 0 Å². The number of furan rings is 1. The van der Waals surface area contributed by atoms with Crippen LogP contribution >= 0.6 is 0 Å². The molecule has 1 heterocycles. The molecule has 0 aliphatic carbocycles. The number of sulfonamides is 1. The lowest BCUT2D eigenvalue weighted by Gasteiger charge is -2.27. The van der Waals surface area contributed by atoms with Gasteiger partial charge in [-0.15, -0.1) is 0 Å². The maximum atomic E-state index is 13.4. The molecule has 0 saturated carbocycles. The highest BCUT2D eigenvalue weighted by atomic mass is 32.2. The topological polar surface area (TPSA) is 80.1 Å². The zero-order valence-corrected chi connectivity index (χ0v) is 19.9. The predicted octanol–water partition coefficient (Wildman–Crippen LogP) is 4.07. The van der Waals surface area contributed by atoms with Crippen LogP contribution in [0.15, 0.2) is 82.3 Å². The molecule has 0 N–H and O–H groups in total. The van der Waals surface area contributed by atoms with Gasteiger partial charge < -0.3 is 14.1 Å². The summed E-state index contributed by atoms with van der Waals surface area (Å²) in [5.74, 6) is -0.206.